The maximum Gasteiger partial charge on any atom is 0.251 e. The minimum absolute atomic E-state index is 0.0343. The van der Waals surface area contributed by atoms with E-state index in [1.165, 1.54) is 96.0 Å². The number of alkyl halides is 2. The summed E-state index contributed by atoms with van der Waals surface area (Å²) in [4.78, 5) is 124. The fourth-order valence-electron chi connectivity index (χ4n) is 17.5. The van der Waals surface area contributed by atoms with Crippen molar-refractivity contribution in [2.24, 2.45) is 55.2 Å². The molecule has 11 fully saturated rings. The summed E-state index contributed by atoms with van der Waals surface area (Å²) in [5.74, 6) is 0.782. The van der Waals surface area contributed by atoms with Gasteiger partial charge in [0.25, 0.3) is 5.92 Å². The molecule has 131 heavy (non-hydrogen) atoms. The van der Waals surface area contributed by atoms with Gasteiger partial charge in [-0.1, -0.05) is 166 Å². The highest BCUT2D eigenvalue weighted by molar-refractivity contribution is 5.86. The summed E-state index contributed by atoms with van der Waals surface area (Å²) in [6.45, 7) is 93.2. The molecule has 0 bridgehead atoms. The van der Waals surface area contributed by atoms with Crippen LogP contribution in [0.3, 0.4) is 0 Å². The molecule has 3 atom stereocenters. The lowest BCUT2D eigenvalue weighted by Crippen LogP contribution is -2.53. The zero-order valence-electron chi connectivity index (χ0n) is 90.5. The Kier molecular flexibility index (Phi) is 50.0. The second-order valence-electron chi connectivity index (χ2n) is 49.0. The van der Waals surface area contributed by atoms with Crippen molar-refractivity contribution in [2.75, 3.05) is 224 Å². The van der Waals surface area contributed by atoms with Crippen molar-refractivity contribution in [1.29, 1.82) is 0 Å². The highest BCUT2D eigenvalue weighted by atomic mass is 19.3. The number of carbonyl (C=O) groups excluding carboxylic acids is 8. The van der Waals surface area contributed by atoms with Gasteiger partial charge in [-0.25, -0.2) is 8.78 Å². The topological polar surface area (TPSA) is 216 Å². The molecule has 0 aliphatic carbocycles. The molecule has 11 rings (SSSR count). The molecule has 766 valence electrons. The van der Waals surface area contributed by atoms with Gasteiger partial charge in [0.05, 0.1) is 51.3 Å². The summed E-state index contributed by atoms with van der Waals surface area (Å²) < 4.78 is 47.1. The van der Waals surface area contributed by atoms with Crippen LogP contribution in [0.4, 0.5) is 8.78 Å². The number of likely N-dealkylation sites (N-methyl/N-ethyl adjacent to an activating group) is 2. The lowest BCUT2D eigenvalue weighted by atomic mass is 9.82. The molecule has 11 aliphatic heterocycles. The molecule has 3 unspecified atom stereocenters. The van der Waals surface area contributed by atoms with Crippen LogP contribution in [-0.2, 0) is 57.3 Å². The molecule has 25 nitrogen and oxygen atoms in total. The van der Waals surface area contributed by atoms with E-state index in [0.29, 0.717) is 78.7 Å². The monoisotopic (exact) mass is 1860 g/mol. The van der Waals surface area contributed by atoms with Crippen molar-refractivity contribution >= 4 is 47.0 Å². The summed E-state index contributed by atoms with van der Waals surface area (Å²) >= 11 is 0. The van der Waals surface area contributed by atoms with Crippen LogP contribution in [0.1, 0.15) is 299 Å². The second kappa shape index (κ2) is 54.2. The molecular formula is C104H199F2N13O12. The summed E-state index contributed by atoms with van der Waals surface area (Å²) in [6, 6.07) is 2.00. The van der Waals surface area contributed by atoms with Gasteiger partial charge in [-0.15, -0.1) is 0 Å². The number of halogens is 2. The Labute approximate surface area is 798 Å². The highest BCUT2D eigenvalue weighted by Gasteiger charge is 2.41. The summed E-state index contributed by atoms with van der Waals surface area (Å²) in [5, 5.41) is 0. The van der Waals surface area contributed by atoms with Crippen molar-refractivity contribution in [3.05, 3.63) is 0 Å². The van der Waals surface area contributed by atoms with Crippen molar-refractivity contribution in [2.45, 2.75) is 347 Å². The molecule has 0 spiro atoms. The van der Waals surface area contributed by atoms with Gasteiger partial charge in [0, 0.05) is 237 Å². The molecule has 0 radical (unpaired) electrons. The van der Waals surface area contributed by atoms with Gasteiger partial charge in [-0.3, -0.25) is 53.1 Å². The van der Waals surface area contributed by atoms with E-state index in [0.717, 1.165) is 143 Å². The normalized spacial score (nSPS) is 23.4. The second-order valence-corrected chi connectivity index (χ2v) is 49.0. The van der Waals surface area contributed by atoms with Crippen LogP contribution in [0.15, 0.2) is 0 Å². The number of carbonyl (C=O) groups is 8. The fourth-order valence-corrected chi connectivity index (χ4v) is 17.5. The third kappa shape index (κ3) is 46.3. The zero-order chi connectivity index (χ0) is 100.0. The Morgan fingerprint density at radius 1 is 0.313 bits per heavy atom. The number of Topliss-reactive ketones (excluding diaryl/α,β-unsaturated/α-hetero) is 2. The smallest absolute Gasteiger partial charge is 0.251 e. The Hall–Kier alpha value is -4.42. The van der Waals surface area contributed by atoms with E-state index in [9.17, 15) is 47.1 Å². The van der Waals surface area contributed by atoms with Crippen molar-refractivity contribution < 1.29 is 66.1 Å². The van der Waals surface area contributed by atoms with Crippen LogP contribution in [0, 0.1) is 55.2 Å². The number of hydrogen-bond donors (Lipinski definition) is 0. The Morgan fingerprint density at radius 3 is 0.924 bits per heavy atom. The standard InChI is InChI=1S/C15H29N3O.C14H26N2O2.C14H27NO.C12H23NO.C11H21NO2.C10H17F2NO.C10H19NO2.C9H20N2.C9H17NO2/c1-15(2,3)14(19)18-7-5-13(6-8-18)17-11-9-16(4)10-12-17;1-14(2,3)13(17)16-6-4-12(5-7-16)15-8-10-18-11-9-15;1-11(2)15-8-6-12(7-9-15)10-13(16)14(3,4)5;1-12(2,3)11(14)9-10-5-7-13(4)8-6-10;1-8-6-12(7-9(2)14-8)10(13)11(3,4)5;1-9(2,3)8(14)13-6-4-10(11,12)5-7-13;1-8-7-11(5-6-13-8)9(12)10(2,3)4;1-9(2,3)11-7-5-10(4)6-8-11;1-9(2,3)8(11)10-4-6-12-7-5-10/h13H,5-12H2,1-4H3;12H,4-11H2,1-3H3;11-12H,6-10H2,1-5H3;10H,5-9H2,1-4H3;8-9H,6-7H2,1-5H3;4-7H2,1-3H3;8H,5-7H2,1-4H3;5-8H2,1-4H3;4-7H2,1-3H3. The third-order valence-corrected chi connectivity index (χ3v) is 26.6. The molecular weight excluding hydrogens is 1660 g/mol. The lowest BCUT2D eigenvalue weighted by Gasteiger charge is -2.43. The maximum atomic E-state index is 12.8. The van der Waals surface area contributed by atoms with E-state index < -0.39 is 11.3 Å². The van der Waals surface area contributed by atoms with Gasteiger partial charge < -0.3 is 67.9 Å². The van der Waals surface area contributed by atoms with Crippen LogP contribution in [0.5, 0.6) is 0 Å². The predicted octanol–water partition coefficient (Wildman–Crippen LogP) is 15.2. The molecule has 11 heterocycles. The van der Waals surface area contributed by atoms with E-state index in [2.05, 4.69) is 95.0 Å². The van der Waals surface area contributed by atoms with Gasteiger partial charge in [-0.05, 0) is 166 Å². The number of ketones is 2. The average Bonchev–Trinajstić information content (AvgIpc) is 0.834. The summed E-state index contributed by atoms with van der Waals surface area (Å²) in [5.41, 5.74) is -1.69. The number of ether oxygens (including phenoxy) is 4. The summed E-state index contributed by atoms with van der Waals surface area (Å²) in [7, 11) is 6.55. The molecule has 11 saturated heterocycles. The number of likely N-dealkylation sites (tertiary alicyclic amines) is 5. The van der Waals surface area contributed by atoms with E-state index in [1.54, 1.807) is 0 Å². The number of piperidine rings is 5. The van der Waals surface area contributed by atoms with Crippen LogP contribution in [0.25, 0.3) is 0 Å². The first-order chi connectivity index (χ1) is 60.0. The number of amides is 6. The first-order valence-electron chi connectivity index (χ1n) is 50.7. The van der Waals surface area contributed by atoms with Crippen LogP contribution < -0.4 is 0 Å². The average molecular weight is 1860 g/mol. The Morgan fingerprint density at radius 2 is 0.595 bits per heavy atom. The molecule has 6 amide bonds. The van der Waals surface area contributed by atoms with Crippen LogP contribution >= 0.6 is 0 Å². The third-order valence-electron chi connectivity index (χ3n) is 26.6. The maximum absolute atomic E-state index is 12.8. The number of nitrogens with zero attached hydrogens (tertiary/aromatic N) is 13. The van der Waals surface area contributed by atoms with Gasteiger partial charge in [0.1, 0.15) is 11.6 Å². The largest absolute Gasteiger partial charge is 0.379 e. The quantitative estimate of drug-likeness (QED) is 0.231. The first-order valence-corrected chi connectivity index (χ1v) is 50.7. The number of morpholine rings is 4. The first kappa shape index (κ1) is 121. The van der Waals surface area contributed by atoms with E-state index in [4.69, 9.17) is 18.9 Å². The van der Waals surface area contributed by atoms with Crippen molar-refractivity contribution in [1.82, 2.24) is 63.7 Å². The van der Waals surface area contributed by atoms with Gasteiger partial charge in [0.2, 0.25) is 35.4 Å². The molecule has 27 heteroatoms. The minimum Gasteiger partial charge on any atom is -0.379 e. The fraction of sp³-hybridized carbons (Fsp3) is 0.923. The van der Waals surface area contributed by atoms with Crippen LogP contribution in [-0.4, -0.2) is 383 Å². The molecule has 0 aromatic carbocycles. The van der Waals surface area contributed by atoms with Gasteiger partial charge in [-0.2, -0.15) is 0 Å². The van der Waals surface area contributed by atoms with Gasteiger partial charge >= 0.3 is 0 Å². The molecule has 11 aliphatic rings. The van der Waals surface area contributed by atoms with Gasteiger partial charge in [0.15, 0.2) is 0 Å². The molecule has 0 aromatic rings. The predicted molar refractivity (Wildman–Crippen MR) is 531 cm³/mol. The zero-order valence-corrected chi connectivity index (χ0v) is 90.5. The van der Waals surface area contributed by atoms with E-state index in [1.807, 2.05) is 207 Å². The molecule has 0 aromatic heterocycles. The Bertz CT molecular complexity index is 3310. The highest BCUT2D eigenvalue weighted by Crippen LogP contribution is 2.34. The van der Waals surface area contributed by atoms with Crippen molar-refractivity contribution in [3.8, 4) is 0 Å². The number of piperazine rings is 2. The van der Waals surface area contributed by atoms with E-state index >= 15 is 0 Å². The minimum atomic E-state index is -2.57. The van der Waals surface area contributed by atoms with Crippen molar-refractivity contribution in [3.63, 3.8) is 0 Å². The Balaban J connectivity index is 0.000000382. The number of hydrogen-bond acceptors (Lipinski definition) is 19. The van der Waals surface area contributed by atoms with Crippen LogP contribution in [0.2, 0.25) is 0 Å². The molecule has 0 saturated carbocycles. The number of rotatable bonds is 7. The lowest BCUT2D eigenvalue weighted by molar-refractivity contribution is -0.151. The van der Waals surface area contributed by atoms with E-state index in [-0.39, 0.29) is 106 Å². The summed E-state index contributed by atoms with van der Waals surface area (Å²) in [6.07, 6.45) is 11.0. The molecule has 0 N–H and O–H groups in total. The SMILES string of the molecule is CC(C)(C)C(=O)N1CCC(F)(F)CC1.CC(C)(C)C(=O)N1CCC(N2CCOCC2)CC1.CC(C)(C)C(=O)N1CCOCC1.CC(C)N1CCC(CC(=O)C(C)(C)C)CC1.CC1CN(C(=O)C(C)(C)C)CC(C)O1.CC1CN(C(=O)C(C)(C)C)CCO1.CN1CCC(CC(=O)C(C)(C)C)CC1.CN1CCN(C(C)(C)C)CC1.CN1CCN(C2CCN(C(=O)C(C)(C)C)CC2)CC1.